The number of nitrogens with one attached hydrogen (secondary N) is 1. The number of aldehydes is 1. The minimum absolute atomic E-state index is 0.0593. The second-order valence-electron chi connectivity index (χ2n) is 6.66. The summed E-state index contributed by atoms with van der Waals surface area (Å²) in [6.45, 7) is 3.57. The molecular formula is C19H22ClN5O2. The average molecular weight is 388 g/mol. The summed E-state index contributed by atoms with van der Waals surface area (Å²) in [5.41, 5.74) is 6.73. The Balaban J connectivity index is 1.64. The normalized spacial score (nSPS) is 16.7. The van der Waals surface area contributed by atoms with Crippen molar-refractivity contribution in [2.45, 2.75) is 31.8 Å². The number of likely N-dealkylation sites (tertiary alicyclic amines) is 1. The molecule has 1 unspecified atom stereocenters. The van der Waals surface area contributed by atoms with Gasteiger partial charge in [-0.15, -0.1) is 0 Å². The van der Waals surface area contributed by atoms with Crippen LogP contribution in [0.5, 0.6) is 0 Å². The van der Waals surface area contributed by atoms with Crippen molar-refractivity contribution in [3.05, 3.63) is 46.6 Å². The SMILES string of the molecule is CC(C=O)N1CCC(Nc2ncc(C(=O)c3ccc(Cl)cc3)c(N)n2)CC1. The molecule has 0 bridgehead atoms. The van der Waals surface area contributed by atoms with E-state index in [0.29, 0.717) is 16.5 Å². The molecule has 3 rings (SSSR count). The monoisotopic (exact) mass is 387 g/mol. The van der Waals surface area contributed by atoms with E-state index < -0.39 is 0 Å². The first-order valence-electron chi connectivity index (χ1n) is 8.86. The highest BCUT2D eigenvalue weighted by Gasteiger charge is 2.23. The number of carbonyl (C=O) groups is 2. The highest BCUT2D eigenvalue weighted by molar-refractivity contribution is 6.30. The van der Waals surface area contributed by atoms with Gasteiger partial charge in [-0.1, -0.05) is 11.6 Å². The van der Waals surface area contributed by atoms with Crippen molar-refractivity contribution in [2.75, 3.05) is 24.1 Å². The van der Waals surface area contributed by atoms with Crippen LogP contribution in [-0.4, -0.2) is 52.1 Å². The van der Waals surface area contributed by atoms with Crippen LogP contribution >= 0.6 is 11.6 Å². The molecule has 0 radical (unpaired) electrons. The van der Waals surface area contributed by atoms with Crippen LogP contribution in [0.25, 0.3) is 0 Å². The number of benzene rings is 1. The predicted molar refractivity (Wildman–Crippen MR) is 105 cm³/mol. The van der Waals surface area contributed by atoms with E-state index in [-0.39, 0.29) is 29.2 Å². The summed E-state index contributed by atoms with van der Waals surface area (Å²) < 4.78 is 0. The molecule has 142 valence electrons. The second kappa shape index (κ2) is 8.45. The Hall–Kier alpha value is -2.51. The van der Waals surface area contributed by atoms with Crippen molar-refractivity contribution in [1.29, 1.82) is 0 Å². The van der Waals surface area contributed by atoms with Crippen molar-refractivity contribution in [3.63, 3.8) is 0 Å². The third-order valence-electron chi connectivity index (χ3n) is 4.80. The zero-order valence-corrected chi connectivity index (χ0v) is 15.8. The van der Waals surface area contributed by atoms with Gasteiger partial charge in [0, 0.05) is 35.9 Å². The van der Waals surface area contributed by atoms with Crippen molar-refractivity contribution in [1.82, 2.24) is 14.9 Å². The molecule has 1 aromatic carbocycles. The third kappa shape index (κ3) is 4.61. The summed E-state index contributed by atoms with van der Waals surface area (Å²) in [5.74, 6) is 0.299. The Morgan fingerprint density at radius 3 is 2.59 bits per heavy atom. The largest absolute Gasteiger partial charge is 0.383 e. The van der Waals surface area contributed by atoms with Gasteiger partial charge in [0.05, 0.1) is 11.6 Å². The molecule has 1 aromatic heterocycles. The number of aromatic nitrogens is 2. The van der Waals surface area contributed by atoms with E-state index in [4.69, 9.17) is 17.3 Å². The van der Waals surface area contributed by atoms with Gasteiger partial charge in [-0.3, -0.25) is 9.69 Å². The number of piperidine rings is 1. The summed E-state index contributed by atoms with van der Waals surface area (Å²) in [5, 5.41) is 3.83. The summed E-state index contributed by atoms with van der Waals surface area (Å²) in [4.78, 5) is 34.1. The van der Waals surface area contributed by atoms with E-state index in [1.165, 1.54) is 6.20 Å². The summed E-state index contributed by atoms with van der Waals surface area (Å²) >= 11 is 5.85. The fraction of sp³-hybridized carbons (Fsp3) is 0.368. The number of rotatable bonds is 6. The van der Waals surface area contributed by atoms with Gasteiger partial charge in [0.1, 0.15) is 12.1 Å². The Morgan fingerprint density at radius 1 is 1.33 bits per heavy atom. The van der Waals surface area contributed by atoms with Crippen LogP contribution in [-0.2, 0) is 4.79 Å². The van der Waals surface area contributed by atoms with Gasteiger partial charge in [0.25, 0.3) is 0 Å². The van der Waals surface area contributed by atoms with E-state index in [1.54, 1.807) is 24.3 Å². The van der Waals surface area contributed by atoms with E-state index in [0.717, 1.165) is 32.2 Å². The molecule has 0 spiro atoms. The lowest BCUT2D eigenvalue weighted by Crippen LogP contribution is -2.44. The van der Waals surface area contributed by atoms with Gasteiger partial charge in [-0.2, -0.15) is 4.98 Å². The van der Waals surface area contributed by atoms with Gasteiger partial charge < -0.3 is 15.8 Å². The van der Waals surface area contributed by atoms with E-state index in [2.05, 4.69) is 20.2 Å². The van der Waals surface area contributed by atoms with Gasteiger partial charge >= 0.3 is 0 Å². The molecule has 1 fully saturated rings. The number of anilines is 2. The van der Waals surface area contributed by atoms with Gasteiger partial charge in [0.15, 0.2) is 5.78 Å². The van der Waals surface area contributed by atoms with Gasteiger partial charge in [-0.25, -0.2) is 4.98 Å². The topological polar surface area (TPSA) is 101 Å². The zero-order valence-electron chi connectivity index (χ0n) is 15.1. The van der Waals surface area contributed by atoms with Gasteiger partial charge in [-0.05, 0) is 44.0 Å². The van der Waals surface area contributed by atoms with Crippen LogP contribution in [0.1, 0.15) is 35.7 Å². The minimum Gasteiger partial charge on any atom is -0.383 e. The molecule has 3 N–H and O–H groups in total. The molecule has 7 nitrogen and oxygen atoms in total. The highest BCUT2D eigenvalue weighted by Crippen LogP contribution is 2.20. The first kappa shape index (κ1) is 19.3. The summed E-state index contributed by atoms with van der Waals surface area (Å²) in [6.07, 6.45) is 4.18. The lowest BCUT2D eigenvalue weighted by molar-refractivity contribution is -0.112. The standard InChI is InChI=1S/C19H22ClN5O2/c1-12(11-26)25-8-6-15(7-9-25)23-19-22-10-16(18(21)24-19)17(27)13-2-4-14(20)5-3-13/h2-5,10-12,15H,6-9H2,1H3,(H3,21,22,23,24). The van der Waals surface area contributed by atoms with Gasteiger partial charge in [0.2, 0.25) is 5.95 Å². The lowest BCUT2D eigenvalue weighted by atomic mass is 10.0. The quantitative estimate of drug-likeness (QED) is 0.579. The number of halogens is 1. The predicted octanol–water partition coefficient (Wildman–Crippen LogP) is 2.41. The Kier molecular flexibility index (Phi) is 6.03. The van der Waals surface area contributed by atoms with Crippen molar-refractivity contribution >= 4 is 35.4 Å². The van der Waals surface area contributed by atoms with Crippen LogP contribution < -0.4 is 11.1 Å². The number of nitrogen functional groups attached to an aromatic ring is 1. The van der Waals surface area contributed by atoms with E-state index >= 15 is 0 Å². The molecule has 1 saturated heterocycles. The molecule has 1 atom stereocenters. The molecular weight excluding hydrogens is 366 g/mol. The van der Waals surface area contributed by atoms with Crippen LogP contribution in [0.2, 0.25) is 5.02 Å². The molecule has 1 aliphatic rings. The number of nitrogens with zero attached hydrogens (tertiary/aromatic N) is 3. The number of nitrogens with two attached hydrogens (primary N) is 1. The first-order valence-corrected chi connectivity index (χ1v) is 9.24. The van der Waals surface area contributed by atoms with Crippen LogP contribution in [0.4, 0.5) is 11.8 Å². The summed E-state index contributed by atoms with van der Waals surface area (Å²) in [7, 11) is 0. The molecule has 0 saturated carbocycles. The molecule has 8 heteroatoms. The maximum atomic E-state index is 12.6. The van der Waals surface area contributed by atoms with Crippen molar-refractivity contribution in [3.8, 4) is 0 Å². The summed E-state index contributed by atoms with van der Waals surface area (Å²) in [6, 6.07) is 6.74. The molecule has 2 heterocycles. The number of ketones is 1. The second-order valence-corrected chi connectivity index (χ2v) is 7.10. The third-order valence-corrected chi connectivity index (χ3v) is 5.06. The fourth-order valence-electron chi connectivity index (χ4n) is 3.12. The number of hydrogen-bond acceptors (Lipinski definition) is 7. The maximum Gasteiger partial charge on any atom is 0.224 e. The first-order chi connectivity index (χ1) is 13.0. The number of hydrogen-bond donors (Lipinski definition) is 2. The average Bonchev–Trinajstić information content (AvgIpc) is 2.68. The highest BCUT2D eigenvalue weighted by atomic mass is 35.5. The van der Waals surface area contributed by atoms with E-state index in [9.17, 15) is 9.59 Å². The molecule has 27 heavy (non-hydrogen) atoms. The van der Waals surface area contributed by atoms with Crippen molar-refractivity contribution in [2.24, 2.45) is 0 Å². The minimum atomic E-state index is -0.244. The fourth-order valence-corrected chi connectivity index (χ4v) is 3.24. The van der Waals surface area contributed by atoms with Crippen LogP contribution in [0, 0.1) is 0 Å². The zero-order chi connectivity index (χ0) is 19.4. The van der Waals surface area contributed by atoms with Crippen LogP contribution in [0.15, 0.2) is 30.5 Å². The molecule has 1 aliphatic heterocycles. The Labute approximate surface area is 162 Å². The molecule has 0 amide bonds. The number of carbonyl (C=O) groups excluding carboxylic acids is 2. The van der Waals surface area contributed by atoms with E-state index in [1.807, 2.05) is 6.92 Å². The smallest absolute Gasteiger partial charge is 0.224 e. The van der Waals surface area contributed by atoms with Crippen LogP contribution in [0.3, 0.4) is 0 Å². The lowest BCUT2D eigenvalue weighted by Gasteiger charge is -2.34. The van der Waals surface area contributed by atoms with Crippen molar-refractivity contribution < 1.29 is 9.59 Å². The Morgan fingerprint density at radius 2 is 2.00 bits per heavy atom. The Bertz CT molecular complexity index is 819. The maximum absolute atomic E-state index is 12.6. The molecule has 0 aliphatic carbocycles. The molecule has 2 aromatic rings.